The van der Waals surface area contributed by atoms with Gasteiger partial charge in [-0.1, -0.05) is 122 Å². The first-order chi connectivity index (χ1) is 20.5. The highest BCUT2D eigenvalue weighted by atomic mass is 16.4. The number of carboxylic acid groups (broad SMARTS) is 3. The van der Waals surface area contributed by atoms with Gasteiger partial charge in [0.15, 0.2) is 0 Å². The molecule has 0 aromatic rings. The van der Waals surface area contributed by atoms with Crippen molar-refractivity contribution >= 4 is 17.9 Å². The van der Waals surface area contributed by atoms with Crippen LogP contribution in [-0.4, -0.2) is 58.8 Å². The smallest absolute Gasteiger partial charge is 0.311 e. The molecule has 252 valence electrons. The monoisotopic (exact) mass is 609 g/mol. The largest absolute Gasteiger partial charge is 0.550 e. The predicted molar refractivity (Wildman–Crippen MR) is 175 cm³/mol. The first kappa shape index (κ1) is 41.1. The van der Waals surface area contributed by atoms with Crippen molar-refractivity contribution in [3.8, 4) is 0 Å². The lowest BCUT2D eigenvalue weighted by Gasteiger charge is -2.43. The van der Waals surface area contributed by atoms with Crippen molar-refractivity contribution in [3.63, 3.8) is 0 Å². The highest BCUT2D eigenvalue weighted by Gasteiger charge is 2.36. The molecule has 3 unspecified atom stereocenters. The lowest BCUT2D eigenvalue weighted by molar-refractivity contribution is -0.934. The van der Waals surface area contributed by atoms with Crippen LogP contribution < -0.4 is 5.11 Å². The second-order valence-corrected chi connectivity index (χ2v) is 13.4. The summed E-state index contributed by atoms with van der Waals surface area (Å²) in [5.41, 5.74) is 0. The van der Waals surface area contributed by atoms with Gasteiger partial charge in [0.25, 0.3) is 0 Å². The van der Waals surface area contributed by atoms with Crippen molar-refractivity contribution in [3.05, 3.63) is 12.2 Å². The maximum Gasteiger partial charge on any atom is 0.311 e. The fourth-order valence-corrected chi connectivity index (χ4v) is 6.23. The maximum atomic E-state index is 11.6. The van der Waals surface area contributed by atoms with Gasteiger partial charge in [0, 0.05) is 11.9 Å². The predicted octanol–water partition coefficient (Wildman–Crippen LogP) is 8.01. The molecular formula is C36H67NO6. The number of carbonyl (C=O) groups excluding carboxylic acids is 1. The third kappa shape index (κ3) is 23.2. The molecule has 2 N–H and O–H groups in total. The van der Waals surface area contributed by atoms with E-state index in [1.807, 2.05) is 0 Å². The zero-order valence-corrected chi connectivity index (χ0v) is 28.3. The Hall–Kier alpha value is -1.89. The van der Waals surface area contributed by atoms with Gasteiger partial charge in [-0.05, 0) is 46.0 Å². The highest BCUT2D eigenvalue weighted by Crippen LogP contribution is 2.22. The summed E-state index contributed by atoms with van der Waals surface area (Å²) in [6.07, 6.45) is 30.1. The lowest BCUT2D eigenvalue weighted by Crippen LogP contribution is -2.58. The summed E-state index contributed by atoms with van der Waals surface area (Å²) in [6.45, 7) is 8.18. The number of hydrogen-bond acceptors (Lipinski definition) is 4. The van der Waals surface area contributed by atoms with E-state index < -0.39 is 35.7 Å². The minimum Gasteiger partial charge on any atom is -0.550 e. The second-order valence-electron chi connectivity index (χ2n) is 13.4. The van der Waals surface area contributed by atoms with Gasteiger partial charge >= 0.3 is 11.9 Å². The number of quaternary nitrogens is 1. The van der Waals surface area contributed by atoms with Crippen LogP contribution in [0.25, 0.3) is 0 Å². The fraction of sp³-hybridized carbons (Fsp3) is 0.861. The van der Waals surface area contributed by atoms with Gasteiger partial charge < -0.3 is 24.6 Å². The van der Waals surface area contributed by atoms with Gasteiger partial charge in [0.2, 0.25) is 0 Å². The van der Waals surface area contributed by atoms with E-state index in [1.54, 1.807) is 20.8 Å². The number of carbonyl (C=O) groups is 3. The molecular weight excluding hydrogens is 542 g/mol. The Morgan fingerprint density at radius 3 is 1.23 bits per heavy atom. The zero-order valence-electron chi connectivity index (χ0n) is 28.3. The summed E-state index contributed by atoms with van der Waals surface area (Å²) >= 11 is 0. The molecule has 43 heavy (non-hydrogen) atoms. The van der Waals surface area contributed by atoms with Crippen LogP contribution in [0.2, 0.25) is 0 Å². The van der Waals surface area contributed by atoms with E-state index in [0.717, 1.165) is 25.7 Å². The van der Waals surface area contributed by atoms with Crippen molar-refractivity contribution in [2.75, 3.05) is 26.2 Å². The van der Waals surface area contributed by atoms with E-state index in [9.17, 15) is 29.7 Å². The van der Waals surface area contributed by atoms with Crippen LogP contribution in [0.3, 0.4) is 0 Å². The zero-order chi connectivity index (χ0) is 32.3. The van der Waals surface area contributed by atoms with Crippen LogP contribution in [0.4, 0.5) is 0 Å². The number of aliphatic carboxylic acids is 3. The maximum absolute atomic E-state index is 11.6. The molecule has 0 fully saturated rings. The summed E-state index contributed by atoms with van der Waals surface area (Å²) in [6, 6.07) is 0. The molecule has 0 aromatic heterocycles. The summed E-state index contributed by atoms with van der Waals surface area (Å²) in [5.74, 6) is -5.29. The van der Waals surface area contributed by atoms with Crippen LogP contribution in [0.15, 0.2) is 12.2 Å². The Labute approximate surface area is 264 Å². The Balaban J connectivity index is 4.19. The standard InChI is InChI=1S/C36H67NO6/c1-5-6-7-8-9-10-11-12-13-14-15-16-17-18-19-20-21-22-23-24-25-26-27-37(28-31(2)34(38)39,29-32(3)35(40)41)30-33(4)36(42)43/h22-23,31-33H,5-21,24-30H2,1-4H3,(H2-,38,39,40,41,42,43)/b23-22+. The van der Waals surface area contributed by atoms with Crippen molar-refractivity contribution in [2.24, 2.45) is 17.8 Å². The molecule has 0 aromatic carbocycles. The molecule has 7 heteroatoms. The molecule has 0 aliphatic heterocycles. The van der Waals surface area contributed by atoms with Crippen molar-refractivity contribution in [1.82, 2.24) is 0 Å². The van der Waals surface area contributed by atoms with Crippen molar-refractivity contribution in [2.45, 2.75) is 156 Å². The third-order valence-electron chi connectivity index (χ3n) is 8.87. The Kier molecular flexibility index (Phi) is 25.3. The van der Waals surface area contributed by atoms with Crippen LogP contribution in [0.5, 0.6) is 0 Å². The molecule has 0 aliphatic rings. The number of rotatable bonds is 31. The van der Waals surface area contributed by atoms with Gasteiger partial charge in [0.05, 0.1) is 26.2 Å². The van der Waals surface area contributed by atoms with Gasteiger partial charge in [-0.2, -0.15) is 0 Å². The number of unbranched alkanes of at least 4 members (excludes halogenated alkanes) is 18. The van der Waals surface area contributed by atoms with E-state index >= 15 is 0 Å². The Bertz CT molecular complexity index is 697. The van der Waals surface area contributed by atoms with Crippen LogP contribution in [0, 0.1) is 17.8 Å². The molecule has 0 bridgehead atoms. The quantitative estimate of drug-likeness (QED) is 0.0467. The normalized spacial score (nSPS) is 15.3. The minimum absolute atomic E-state index is 0.166. The average Bonchev–Trinajstić information content (AvgIpc) is 2.95. The molecule has 0 spiro atoms. The Morgan fingerprint density at radius 2 is 0.884 bits per heavy atom. The van der Waals surface area contributed by atoms with Crippen LogP contribution in [-0.2, 0) is 14.4 Å². The first-order valence-corrected chi connectivity index (χ1v) is 17.7. The molecule has 0 saturated heterocycles. The van der Waals surface area contributed by atoms with E-state index in [-0.39, 0.29) is 24.1 Å². The van der Waals surface area contributed by atoms with Gasteiger partial charge in [-0.3, -0.25) is 9.59 Å². The average molecular weight is 610 g/mol. The van der Waals surface area contributed by atoms with Gasteiger partial charge in [0.1, 0.15) is 11.8 Å². The lowest BCUT2D eigenvalue weighted by atomic mass is 10.0. The number of hydrogen-bond donors (Lipinski definition) is 2. The molecule has 0 radical (unpaired) electrons. The third-order valence-corrected chi connectivity index (χ3v) is 8.87. The molecule has 0 rings (SSSR count). The van der Waals surface area contributed by atoms with E-state index in [4.69, 9.17) is 0 Å². The first-order valence-electron chi connectivity index (χ1n) is 17.7. The molecule has 0 aliphatic carbocycles. The van der Waals surface area contributed by atoms with Gasteiger partial charge in [-0.15, -0.1) is 0 Å². The van der Waals surface area contributed by atoms with Crippen molar-refractivity contribution < 1.29 is 34.2 Å². The fourth-order valence-electron chi connectivity index (χ4n) is 6.23. The topological polar surface area (TPSA) is 115 Å². The summed E-state index contributed by atoms with van der Waals surface area (Å²) in [4.78, 5) is 34.8. The van der Waals surface area contributed by atoms with Crippen LogP contribution >= 0.6 is 0 Å². The molecule has 0 heterocycles. The van der Waals surface area contributed by atoms with E-state index in [2.05, 4.69) is 19.1 Å². The number of allylic oxidation sites excluding steroid dienone is 2. The minimum atomic E-state index is -1.19. The SMILES string of the molecule is CCCCCCCCCCCCCCCCCC/C=C/CCCC[N+](CC(C)C(=O)[O-])(CC(C)C(=O)O)CC(C)C(=O)O. The summed E-state index contributed by atoms with van der Waals surface area (Å²) < 4.78 is 0.166. The van der Waals surface area contributed by atoms with Crippen LogP contribution in [0.1, 0.15) is 156 Å². The van der Waals surface area contributed by atoms with E-state index in [1.165, 1.54) is 103 Å². The second kappa shape index (κ2) is 26.5. The number of carboxylic acids is 3. The van der Waals surface area contributed by atoms with E-state index in [0.29, 0.717) is 6.54 Å². The highest BCUT2D eigenvalue weighted by molar-refractivity contribution is 5.70. The van der Waals surface area contributed by atoms with Crippen molar-refractivity contribution in [1.29, 1.82) is 0 Å². The molecule has 3 atom stereocenters. The molecule has 0 amide bonds. The molecule has 0 saturated carbocycles. The Morgan fingerprint density at radius 1 is 0.558 bits per heavy atom. The van der Waals surface area contributed by atoms with Gasteiger partial charge in [-0.25, -0.2) is 0 Å². The number of nitrogens with zero attached hydrogens (tertiary/aromatic N) is 1. The summed E-state index contributed by atoms with van der Waals surface area (Å²) in [7, 11) is 0. The summed E-state index contributed by atoms with van der Waals surface area (Å²) in [5, 5.41) is 30.6. The molecule has 7 nitrogen and oxygen atoms in total.